The minimum Gasteiger partial charge on any atom is -0.497 e. The molecule has 0 radical (unpaired) electrons. The molecule has 7 nitrogen and oxygen atoms in total. The highest BCUT2D eigenvalue weighted by molar-refractivity contribution is 7.17. The van der Waals surface area contributed by atoms with Crippen molar-refractivity contribution in [3.8, 4) is 5.75 Å². The lowest BCUT2D eigenvalue weighted by molar-refractivity contribution is -0.116. The van der Waals surface area contributed by atoms with Crippen LogP contribution in [0, 0.1) is 0 Å². The second kappa shape index (κ2) is 8.79. The van der Waals surface area contributed by atoms with E-state index in [1.807, 2.05) is 0 Å². The SMILES string of the molecule is COc1ccc(Cn2c(=O)c3sccc3n(CC(=O)Nc3cccc(Cl)c3)c2=O)cc1. The number of ether oxygens (including phenoxy) is 1. The van der Waals surface area contributed by atoms with E-state index in [-0.39, 0.29) is 18.6 Å². The first kappa shape index (κ1) is 20.9. The number of benzene rings is 2. The van der Waals surface area contributed by atoms with Crippen molar-refractivity contribution in [2.24, 2.45) is 0 Å². The van der Waals surface area contributed by atoms with Crippen molar-refractivity contribution in [1.82, 2.24) is 9.13 Å². The predicted molar refractivity (Wildman–Crippen MR) is 123 cm³/mol. The number of halogens is 1. The van der Waals surface area contributed by atoms with E-state index in [9.17, 15) is 14.4 Å². The van der Waals surface area contributed by atoms with Crippen LogP contribution >= 0.6 is 22.9 Å². The van der Waals surface area contributed by atoms with Gasteiger partial charge in [-0.15, -0.1) is 11.3 Å². The van der Waals surface area contributed by atoms with Crippen LogP contribution in [0.15, 0.2) is 69.6 Å². The average Bonchev–Trinajstić information content (AvgIpc) is 3.25. The van der Waals surface area contributed by atoms with Gasteiger partial charge in [0.1, 0.15) is 17.0 Å². The van der Waals surface area contributed by atoms with E-state index in [2.05, 4.69) is 5.32 Å². The molecule has 0 aliphatic heterocycles. The summed E-state index contributed by atoms with van der Waals surface area (Å²) in [5, 5.41) is 4.95. The molecule has 0 bridgehead atoms. The van der Waals surface area contributed by atoms with Gasteiger partial charge in [0.15, 0.2) is 0 Å². The Balaban J connectivity index is 1.69. The van der Waals surface area contributed by atoms with Crippen LogP contribution in [-0.2, 0) is 17.9 Å². The van der Waals surface area contributed by atoms with E-state index in [0.29, 0.717) is 26.7 Å². The third-order valence-electron chi connectivity index (χ3n) is 4.75. The average molecular weight is 456 g/mol. The fourth-order valence-corrected chi connectivity index (χ4v) is 4.28. The minimum atomic E-state index is -0.548. The van der Waals surface area contributed by atoms with Crippen molar-refractivity contribution in [1.29, 1.82) is 0 Å². The Labute approximate surface area is 186 Å². The third-order valence-corrected chi connectivity index (χ3v) is 5.87. The number of anilines is 1. The zero-order chi connectivity index (χ0) is 22.0. The number of carbonyl (C=O) groups excluding carboxylic acids is 1. The molecule has 4 aromatic rings. The molecule has 2 heterocycles. The Morgan fingerprint density at radius 1 is 1.10 bits per heavy atom. The summed E-state index contributed by atoms with van der Waals surface area (Å²) < 4.78 is 8.03. The highest BCUT2D eigenvalue weighted by Gasteiger charge is 2.17. The van der Waals surface area contributed by atoms with E-state index >= 15 is 0 Å². The van der Waals surface area contributed by atoms with Crippen LogP contribution in [0.3, 0.4) is 0 Å². The van der Waals surface area contributed by atoms with Gasteiger partial charge in [0, 0.05) is 10.7 Å². The molecular formula is C22H18ClN3O4S. The normalized spacial score (nSPS) is 10.9. The monoisotopic (exact) mass is 455 g/mol. The van der Waals surface area contributed by atoms with E-state index in [4.69, 9.17) is 16.3 Å². The van der Waals surface area contributed by atoms with Gasteiger partial charge in [-0.25, -0.2) is 4.79 Å². The summed E-state index contributed by atoms with van der Waals surface area (Å²) >= 11 is 7.20. The summed E-state index contributed by atoms with van der Waals surface area (Å²) in [5.74, 6) is 0.284. The fourth-order valence-electron chi connectivity index (χ4n) is 3.25. The van der Waals surface area contributed by atoms with E-state index in [0.717, 1.165) is 10.1 Å². The molecular weight excluding hydrogens is 438 g/mol. The first-order valence-corrected chi connectivity index (χ1v) is 10.6. The Morgan fingerprint density at radius 3 is 2.58 bits per heavy atom. The largest absolute Gasteiger partial charge is 0.497 e. The zero-order valence-corrected chi connectivity index (χ0v) is 18.1. The summed E-state index contributed by atoms with van der Waals surface area (Å²) in [7, 11) is 1.57. The van der Waals surface area contributed by atoms with Crippen molar-refractivity contribution >= 4 is 44.7 Å². The van der Waals surface area contributed by atoms with Crippen molar-refractivity contribution in [2.75, 3.05) is 12.4 Å². The number of carbonyl (C=O) groups is 1. The van der Waals surface area contributed by atoms with Gasteiger partial charge < -0.3 is 10.1 Å². The van der Waals surface area contributed by atoms with Crippen molar-refractivity contribution in [3.05, 3.63) is 91.4 Å². The Morgan fingerprint density at radius 2 is 1.87 bits per heavy atom. The van der Waals surface area contributed by atoms with E-state index in [1.165, 1.54) is 15.9 Å². The summed E-state index contributed by atoms with van der Waals surface area (Å²) in [4.78, 5) is 38.7. The van der Waals surface area contributed by atoms with Gasteiger partial charge in [-0.2, -0.15) is 0 Å². The van der Waals surface area contributed by atoms with Crippen LogP contribution in [0.5, 0.6) is 5.75 Å². The van der Waals surface area contributed by atoms with Crippen LogP contribution in [-0.4, -0.2) is 22.2 Å². The molecule has 0 fully saturated rings. The number of amides is 1. The lowest BCUT2D eigenvalue weighted by atomic mass is 10.2. The second-order valence-corrected chi connectivity index (χ2v) is 8.15. The maximum absolute atomic E-state index is 13.2. The maximum atomic E-state index is 13.2. The molecule has 1 N–H and O–H groups in total. The number of hydrogen-bond donors (Lipinski definition) is 1. The van der Waals surface area contributed by atoms with E-state index in [1.54, 1.807) is 67.1 Å². The fraction of sp³-hybridized carbons (Fsp3) is 0.136. The van der Waals surface area contributed by atoms with Gasteiger partial charge in [0.05, 0.1) is 19.2 Å². The summed E-state index contributed by atoms with van der Waals surface area (Å²) in [5.41, 5.74) is 0.807. The Hall–Kier alpha value is -3.36. The lowest BCUT2D eigenvalue weighted by Crippen LogP contribution is -2.41. The van der Waals surface area contributed by atoms with Crippen LogP contribution in [0.4, 0.5) is 5.69 Å². The summed E-state index contributed by atoms with van der Waals surface area (Å²) in [6, 6.07) is 15.5. The third kappa shape index (κ3) is 4.40. The van der Waals surface area contributed by atoms with Crippen LogP contribution < -0.4 is 21.3 Å². The molecule has 4 rings (SSSR count). The molecule has 2 aromatic heterocycles. The van der Waals surface area contributed by atoms with Crippen molar-refractivity contribution in [2.45, 2.75) is 13.1 Å². The lowest BCUT2D eigenvalue weighted by Gasteiger charge is -2.13. The molecule has 0 saturated carbocycles. The van der Waals surface area contributed by atoms with Gasteiger partial charge in [0.2, 0.25) is 5.91 Å². The second-order valence-electron chi connectivity index (χ2n) is 6.80. The zero-order valence-electron chi connectivity index (χ0n) is 16.5. The first-order chi connectivity index (χ1) is 15.0. The molecule has 158 valence electrons. The first-order valence-electron chi connectivity index (χ1n) is 9.35. The predicted octanol–water partition coefficient (Wildman–Crippen LogP) is 3.57. The maximum Gasteiger partial charge on any atom is 0.332 e. The molecule has 9 heteroatoms. The summed E-state index contributed by atoms with van der Waals surface area (Å²) in [6.45, 7) is -0.146. The number of thiophene rings is 1. The van der Waals surface area contributed by atoms with Gasteiger partial charge in [-0.3, -0.25) is 18.7 Å². The van der Waals surface area contributed by atoms with Gasteiger partial charge in [-0.1, -0.05) is 29.8 Å². The number of hydrogen-bond acceptors (Lipinski definition) is 5. The van der Waals surface area contributed by atoms with Crippen molar-refractivity contribution < 1.29 is 9.53 Å². The number of nitrogens with one attached hydrogen (secondary N) is 1. The Bertz CT molecular complexity index is 1370. The highest BCUT2D eigenvalue weighted by Crippen LogP contribution is 2.18. The van der Waals surface area contributed by atoms with Gasteiger partial charge in [0.25, 0.3) is 5.56 Å². The summed E-state index contributed by atoms with van der Waals surface area (Å²) in [6.07, 6.45) is 0. The number of rotatable bonds is 6. The molecule has 1 amide bonds. The molecule has 2 aromatic carbocycles. The molecule has 0 saturated heterocycles. The minimum absolute atomic E-state index is 0.0887. The van der Waals surface area contributed by atoms with Gasteiger partial charge in [-0.05, 0) is 47.3 Å². The Kier molecular flexibility index (Phi) is 5.92. The van der Waals surface area contributed by atoms with E-state index < -0.39 is 11.6 Å². The molecule has 0 unspecified atom stereocenters. The molecule has 0 aliphatic rings. The van der Waals surface area contributed by atoms with Crippen LogP contribution in [0.2, 0.25) is 5.02 Å². The van der Waals surface area contributed by atoms with Crippen LogP contribution in [0.25, 0.3) is 10.2 Å². The highest BCUT2D eigenvalue weighted by atomic mass is 35.5. The number of aromatic nitrogens is 2. The molecule has 0 atom stereocenters. The quantitative estimate of drug-likeness (QED) is 0.482. The smallest absolute Gasteiger partial charge is 0.332 e. The standard InChI is InChI=1S/C22H18ClN3O4S/c1-30-17-7-5-14(6-8-17)12-26-21(28)20-18(9-10-31-20)25(22(26)29)13-19(27)24-16-4-2-3-15(23)11-16/h2-11H,12-13H2,1H3,(H,24,27). The van der Waals surface area contributed by atoms with Crippen molar-refractivity contribution in [3.63, 3.8) is 0 Å². The topological polar surface area (TPSA) is 82.3 Å². The van der Waals surface area contributed by atoms with Crippen LogP contribution in [0.1, 0.15) is 5.56 Å². The number of fused-ring (bicyclic) bond motifs is 1. The molecule has 31 heavy (non-hydrogen) atoms. The van der Waals surface area contributed by atoms with Gasteiger partial charge >= 0.3 is 5.69 Å². The molecule has 0 spiro atoms. The number of methoxy groups -OCH3 is 1. The number of nitrogens with zero attached hydrogens (tertiary/aromatic N) is 2. The molecule has 0 aliphatic carbocycles.